The zero-order valence-electron chi connectivity index (χ0n) is 22.3. The number of nitrogens with zero attached hydrogens (tertiary/aromatic N) is 1. The summed E-state index contributed by atoms with van der Waals surface area (Å²) in [4.78, 5) is 15.9. The first-order chi connectivity index (χ1) is 16.7. The zero-order chi connectivity index (χ0) is 24.5. The van der Waals surface area contributed by atoms with Gasteiger partial charge in [-0.3, -0.25) is 4.79 Å². The van der Waals surface area contributed by atoms with Crippen LogP contribution in [0.5, 0.6) is 0 Å². The molecule has 6 rings (SSSR count). The van der Waals surface area contributed by atoms with E-state index in [-0.39, 0.29) is 11.3 Å². The van der Waals surface area contributed by atoms with E-state index in [2.05, 4.69) is 93.5 Å². The van der Waals surface area contributed by atoms with Crippen LogP contribution in [0, 0.1) is 35.0 Å². The number of rotatable bonds is 3. The first-order valence-corrected chi connectivity index (χ1v) is 16.1. The molecule has 35 heavy (non-hydrogen) atoms. The third-order valence-electron chi connectivity index (χ3n) is 10.8. The summed E-state index contributed by atoms with van der Waals surface area (Å²) < 4.78 is 0.373. The highest BCUT2D eigenvalue weighted by atomic mass is 32.2. The van der Waals surface area contributed by atoms with E-state index in [1.54, 1.807) is 5.57 Å². The summed E-state index contributed by atoms with van der Waals surface area (Å²) in [6.07, 6.45) is 10.2. The van der Waals surface area contributed by atoms with Gasteiger partial charge >= 0.3 is 0 Å². The molecule has 1 aromatic rings. The van der Waals surface area contributed by atoms with Crippen molar-refractivity contribution >= 4 is 35.0 Å². The van der Waals surface area contributed by atoms with Gasteiger partial charge in [-0.2, -0.15) is 0 Å². The lowest BCUT2D eigenvalue weighted by Crippen LogP contribution is -2.50. The van der Waals surface area contributed by atoms with Crippen molar-refractivity contribution in [2.24, 2.45) is 35.0 Å². The highest BCUT2D eigenvalue weighted by Gasteiger charge is 2.61. The second kappa shape index (κ2) is 8.86. The van der Waals surface area contributed by atoms with Gasteiger partial charge in [0.2, 0.25) is 0 Å². The number of Topliss-reactive ketones (excluding diaryl/α,β-unsaturated/α-hetero) is 1. The van der Waals surface area contributed by atoms with Crippen molar-refractivity contribution in [2.45, 2.75) is 82.3 Å². The molecule has 1 spiro atoms. The Morgan fingerprint density at radius 1 is 1.06 bits per heavy atom. The maximum Gasteiger partial charge on any atom is 0.141 e. The molecule has 4 fully saturated rings. The van der Waals surface area contributed by atoms with Crippen LogP contribution >= 0.6 is 23.5 Å². The monoisotopic (exact) mass is 509 g/mol. The average Bonchev–Trinajstić information content (AvgIpc) is 3.40. The molecular formula is C31H43NOS2. The number of ketones is 1. The Kier molecular flexibility index (Phi) is 6.19. The first kappa shape index (κ1) is 24.5. The Morgan fingerprint density at radius 3 is 2.46 bits per heavy atom. The van der Waals surface area contributed by atoms with Crippen LogP contribution in [0.3, 0.4) is 0 Å². The Morgan fingerprint density at radius 2 is 1.77 bits per heavy atom. The molecule has 1 aliphatic heterocycles. The molecule has 190 valence electrons. The number of benzene rings is 1. The van der Waals surface area contributed by atoms with Crippen molar-refractivity contribution in [3.63, 3.8) is 0 Å². The molecule has 4 heteroatoms. The van der Waals surface area contributed by atoms with Crippen LogP contribution in [0.2, 0.25) is 0 Å². The summed E-state index contributed by atoms with van der Waals surface area (Å²) >= 11 is 4.41. The second-order valence-corrected chi connectivity index (χ2v) is 15.9. The number of hydrogen-bond donors (Lipinski definition) is 0. The Hall–Kier alpha value is -0.870. The summed E-state index contributed by atoms with van der Waals surface area (Å²) in [6.45, 7) is 9.06. The van der Waals surface area contributed by atoms with E-state index in [4.69, 9.17) is 0 Å². The number of anilines is 1. The highest BCUT2D eigenvalue weighted by Crippen LogP contribution is 2.67. The molecule has 7 atom stereocenters. The van der Waals surface area contributed by atoms with Crippen molar-refractivity contribution in [3.8, 4) is 0 Å². The minimum absolute atomic E-state index is 0.132. The predicted molar refractivity (Wildman–Crippen MR) is 152 cm³/mol. The average molecular weight is 510 g/mol. The Bertz CT molecular complexity index is 1010. The van der Waals surface area contributed by atoms with E-state index in [0.29, 0.717) is 39.6 Å². The van der Waals surface area contributed by atoms with Gasteiger partial charge in [-0.1, -0.05) is 37.6 Å². The molecule has 1 heterocycles. The fraction of sp³-hybridized carbons (Fsp3) is 0.710. The van der Waals surface area contributed by atoms with E-state index in [9.17, 15) is 4.79 Å². The molecule has 1 saturated heterocycles. The topological polar surface area (TPSA) is 20.3 Å². The molecular weight excluding hydrogens is 466 g/mol. The smallest absolute Gasteiger partial charge is 0.141 e. The summed E-state index contributed by atoms with van der Waals surface area (Å²) in [7, 11) is 2.19. The van der Waals surface area contributed by atoms with Gasteiger partial charge < -0.3 is 4.90 Å². The van der Waals surface area contributed by atoms with Crippen molar-refractivity contribution in [3.05, 3.63) is 41.5 Å². The maximum atomic E-state index is 13.6. The zero-order valence-corrected chi connectivity index (χ0v) is 23.9. The normalized spacial score (nSPS) is 39.8. The highest BCUT2D eigenvalue weighted by molar-refractivity contribution is 8.21. The summed E-state index contributed by atoms with van der Waals surface area (Å²) in [5.74, 6) is 6.63. The molecule has 1 aromatic carbocycles. The van der Waals surface area contributed by atoms with E-state index in [1.165, 1.54) is 48.4 Å². The van der Waals surface area contributed by atoms with Gasteiger partial charge in [0, 0.05) is 41.6 Å². The predicted octanol–water partition coefficient (Wildman–Crippen LogP) is 7.79. The van der Waals surface area contributed by atoms with E-state index >= 15 is 0 Å². The van der Waals surface area contributed by atoms with Crippen LogP contribution in [0.15, 0.2) is 35.9 Å². The second-order valence-electron chi connectivity index (χ2n) is 12.8. The van der Waals surface area contributed by atoms with Gasteiger partial charge in [-0.05, 0) is 99.7 Å². The van der Waals surface area contributed by atoms with Gasteiger partial charge in [0.15, 0.2) is 0 Å². The Balaban J connectivity index is 1.39. The maximum absolute atomic E-state index is 13.6. The van der Waals surface area contributed by atoms with Crippen LogP contribution in [0.1, 0.15) is 77.7 Å². The third-order valence-corrected chi connectivity index (χ3v) is 14.2. The quantitative estimate of drug-likeness (QED) is 0.387. The largest absolute Gasteiger partial charge is 0.372 e. The van der Waals surface area contributed by atoms with Crippen LogP contribution in [0.25, 0.3) is 0 Å². The molecule has 2 nitrogen and oxygen atoms in total. The van der Waals surface area contributed by atoms with Gasteiger partial charge in [0.05, 0.1) is 4.08 Å². The standard InChI is InChI=1S/C31H43NOS2/c1-19(2)32(5)23-9-6-21(7-10-23)26-18-30(4)27(16-20(3)29(30)33)25-11-8-22-17-31(34-14-15-35-31)13-12-24(22)28(25)26/h6-7,9-10,17,19-20,24-28H,8,11-16,18H2,1-5H3/t20-,24?,25-,26+,27-,28+,30-/m0/s1. The minimum atomic E-state index is -0.132. The van der Waals surface area contributed by atoms with Crippen molar-refractivity contribution < 1.29 is 4.79 Å². The van der Waals surface area contributed by atoms with Crippen molar-refractivity contribution in [1.29, 1.82) is 0 Å². The van der Waals surface area contributed by atoms with E-state index in [1.807, 2.05) is 0 Å². The molecule has 4 aliphatic carbocycles. The van der Waals surface area contributed by atoms with Crippen molar-refractivity contribution in [2.75, 3.05) is 23.5 Å². The Labute approximate surface area is 221 Å². The fourth-order valence-electron chi connectivity index (χ4n) is 8.85. The fourth-order valence-corrected chi connectivity index (χ4v) is 12.0. The molecule has 0 N–H and O–H groups in total. The lowest BCUT2D eigenvalue weighted by Gasteiger charge is -2.56. The van der Waals surface area contributed by atoms with E-state index < -0.39 is 0 Å². The van der Waals surface area contributed by atoms with Crippen LogP contribution in [-0.2, 0) is 4.79 Å². The molecule has 5 aliphatic rings. The number of thioether (sulfide) groups is 2. The minimum Gasteiger partial charge on any atom is -0.372 e. The molecule has 0 radical (unpaired) electrons. The number of carbonyl (C=O) groups is 1. The number of fused-ring (bicyclic) bond motifs is 5. The number of allylic oxidation sites excluding steroid dienone is 1. The van der Waals surface area contributed by atoms with Gasteiger partial charge in [-0.15, -0.1) is 23.5 Å². The van der Waals surface area contributed by atoms with Gasteiger partial charge in [0.1, 0.15) is 5.78 Å². The molecule has 0 amide bonds. The summed E-state index contributed by atoms with van der Waals surface area (Å²) in [5.41, 5.74) is 4.43. The molecule has 0 aromatic heterocycles. The van der Waals surface area contributed by atoms with Crippen LogP contribution < -0.4 is 4.90 Å². The molecule has 0 bridgehead atoms. The van der Waals surface area contributed by atoms with Crippen LogP contribution in [-0.4, -0.2) is 34.5 Å². The summed E-state index contributed by atoms with van der Waals surface area (Å²) in [6, 6.07) is 9.98. The lowest BCUT2D eigenvalue weighted by atomic mass is 9.48. The molecule has 3 saturated carbocycles. The molecule has 1 unspecified atom stereocenters. The van der Waals surface area contributed by atoms with Gasteiger partial charge in [-0.25, -0.2) is 0 Å². The van der Waals surface area contributed by atoms with E-state index in [0.717, 1.165) is 18.8 Å². The summed E-state index contributed by atoms with van der Waals surface area (Å²) in [5, 5.41) is 0. The number of hydrogen-bond acceptors (Lipinski definition) is 4. The first-order valence-electron chi connectivity index (χ1n) is 14.1. The van der Waals surface area contributed by atoms with Gasteiger partial charge in [0.25, 0.3) is 0 Å². The SMILES string of the molecule is CC(C)N(C)c1ccc([C@H]2C[C@]3(C)C(=O)[C@@H](C)C[C@H]3[C@@H]3CCC4=CC5(CCC4[C@H]32)SCCS5)cc1. The van der Waals surface area contributed by atoms with Crippen molar-refractivity contribution in [1.82, 2.24) is 0 Å². The van der Waals surface area contributed by atoms with Crippen LogP contribution in [0.4, 0.5) is 5.69 Å². The third kappa shape index (κ3) is 3.87. The number of carbonyl (C=O) groups excluding carboxylic acids is 1. The lowest BCUT2D eigenvalue weighted by molar-refractivity contribution is -0.134.